The van der Waals surface area contributed by atoms with Gasteiger partial charge in [0.1, 0.15) is 6.33 Å². The van der Waals surface area contributed by atoms with Crippen LogP contribution in [0.2, 0.25) is 0 Å². The Morgan fingerprint density at radius 3 is 2.44 bits per heavy atom. The molecule has 5 rings (SSSR count). The van der Waals surface area contributed by atoms with Crippen LogP contribution in [-0.2, 0) is 11.0 Å². The number of amidine groups is 1. The van der Waals surface area contributed by atoms with Gasteiger partial charge in [-0.25, -0.2) is 19.4 Å². The van der Waals surface area contributed by atoms with E-state index in [1.54, 1.807) is 24.3 Å². The highest BCUT2D eigenvalue weighted by Crippen LogP contribution is 2.36. The van der Waals surface area contributed by atoms with Crippen molar-refractivity contribution in [3.8, 4) is 17.2 Å². The van der Waals surface area contributed by atoms with E-state index in [9.17, 15) is 22.8 Å². The maximum absolute atomic E-state index is 12.9. The lowest BCUT2D eigenvalue weighted by Gasteiger charge is -2.24. The van der Waals surface area contributed by atoms with Crippen LogP contribution in [0.4, 0.5) is 35.0 Å². The van der Waals surface area contributed by atoms with Crippen molar-refractivity contribution in [3.05, 3.63) is 78.2 Å². The van der Waals surface area contributed by atoms with E-state index in [1.807, 2.05) is 51.0 Å². The number of hydrogen-bond acceptors (Lipinski definition) is 7. The van der Waals surface area contributed by atoms with E-state index in [2.05, 4.69) is 25.4 Å². The second-order valence-electron chi connectivity index (χ2n) is 10.1. The molecule has 1 aliphatic heterocycles. The molecule has 1 aliphatic rings. The molecule has 0 aliphatic carbocycles. The Balaban J connectivity index is 1.30. The summed E-state index contributed by atoms with van der Waals surface area (Å²) in [6, 6.07) is 14.1. The molecule has 0 bridgehead atoms. The molecule has 0 atom stereocenters. The minimum atomic E-state index is -4.48. The molecular weight excluding hydrogens is 581 g/mol. The summed E-state index contributed by atoms with van der Waals surface area (Å²) in [6.45, 7) is 4.08. The zero-order valence-electron chi connectivity index (χ0n) is 23.6. The summed E-state index contributed by atoms with van der Waals surface area (Å²) < 4.78 is 39.7. The highest BCUT2D eigenvalue weighted by atomic mass is 32.2. The number of amides is 3. The van der Waals surface area contributed by atoms with Crippen molar-refractivity contribution < 1.29 is 22.8 Å². The number of rotatable bonds is 6. The number of nitrogens with one attached hydrogen (secondary N) is 1. The van der Waals surface area contributed by atoms with Crippen LogP contribution in [0.3, 0.4) is 0 Å². The summed E-state index contributed by atoms with van der Waals surface area (Å²) in [5, 5.41) is 7.30. The van der Waals surface area contributed by atoms with E-state index >= 15 is 0 Å². The van der Waals surface area contributed by atoms with Crippen molar-refractivity contribution >= 4 is 45.9 Å². The Kier molecular flexibility index (Phi) is 8.22. The predicted octanol–water partition coefficient (Wildman–Crippen LogP) is 6.21. The summed E-state index contributed by atoms with van der Waals surface area (Å²) in [6.07, 6.45) is -2.40. The summed E-state index contributed by atoms with van der Waals surface area (Å²) in [4.78, 5) is 41.5. The van der Waals surface area contributed by atoms with Crippen LogP contribution >= 0.6 is 11.8 Å². The van der Waals surface area contributed by atoms with Crippen molar-refractivity contribution in [1.82, 2.24) is 19.7 Å². The molecule has 2 aromatic heterocycles. The zero-order chi connectivity index (χ0) is 30.9. The molecule has 0 unspecified atom stereocenters. The number of pyridine rings is 1. The van der Waals surface area contributed by atoms with Gasteiger partial charge in [0.15, 0.2) is 16.8 Å². The first-order valence-electron chi connectivity index (χ1n) is 13.1. The van der Waals surface area contributed by atoms with E-state index in [0.717, 1.165) is 23.5 Å². The normalized spacial score (nSPS) is 14.6. The number of benzene rings is 2. The van der Waals surface area contributed by atoms with Crippen molar-refractivity contribution in [2.24, 2.45) is 4.99 Å². The van der Waals surface area contributed by atoms with Crippen LogP contribution in [0.25, 0.3) is 17.2 Å². The molecule has 3 amide bonds. The molecule has 3 heterocycles. The molecule has 1 saturated heterocycles. The van der Waals surface area contributed by atoms with Crippen LogP contribution in [0.1, 0.15) is 30.9 Å². The quantitative estimate of drug-likeness (QED) is 0.277. The third kappa shape index (κ3) is 6.53. The molecule has 4 aromatic rings. The smallest absolute Gasteiger partial charge is 0.378 e. The summed E-state index contributed by atoms with van der Waals surface area (Å²) in [5.74, 6) is 0.660. The van der Waals surface area contributed by atoms with Gasteiger partial charge in [-0.05, 0) is 60.0 Å². The molecule has 0 saturated carbocycles. The molecular formula is C29H27F3N8O2S. The Bertz CT molecular complexity index is 1680. The standard InChI is InChI=1S/C29H27F3N8O2S/c1-17(2)22-11-10-21(38(3)4)13-23(22)40-25(41)15-43-28(40)36-27(42)35-20-8-5-18(6-9-20)26-34-16-39(37-26)24-12-7-19(14-33-24)29(30,31)32/h5-14,16-17H,15H2,1-4H3,(H,35,42)/b36-28-. The predicted molar refractivity (Wildman–Crippen MR) is 161 cm³/mol. The molecule has 0 spiro atoms. The largest absolute Gasteiger partial charge is 0.417 e. The summed E-state index contributed by atoms with van der Waals surface area (Å²) in [7, 11) is 3.83. The molecule has 222 valence electrons. The fourth-order valence-corrected chi connectivity index (χ4v) is 5.17. The first-order valence-corrected chi connectivity index (χ1v) is 14.1. The lowest BCUT2D eigenvalue weighted by atomic mass is 9.99. The number of urea groups is 1. The monoisotopic (exact) mass is 608 g/mol. The molecule has 43 heavy (non-hydrogen) atoms. The number of hydrogen-bond donors (Lipinski definition) is 1. The van der Waals surface area contributed by atoms with Gasteiger partial charge in [0, 0.05) is 37.2 Å². The number of nitrogens with zero attached hydrogens (tertiary/aromatic N) is 7. The fraction of sp³-hybridized carbons (Fsp3) is 0.241. The molecule has 10 nitrogen and oxygen atoms in total. The van der Waals surface area contributed by atoms with Crippen molar-refractivity contribution in [3.63, 3.8) is 0 Å². The minimum absolute atomic E-state index is 0.144. The molecule has 1 fully saturated rings. The topological polar surface area (TPSA) is 109 Å². The first-order chi connectivity index (χ1) is 20.4. The number of thioether (sulfide) groups is 1. The van der Waals surface area contributed by atoms with Gasteiger partial charge in [0.2, 0.25) is 5.91 Å². The van der Waals surface area contributed by atoms with Gasteiger partial charge in [0.05, 0.1) is 17.0 Å². The molecule has 14 heteroatoms. The highest BCUT2D eigenvalue weighted by molar-refractivity contribution is 8.15. The van der Waals surface area contributed by atoms with Crippen LogP contribution < -0.4 is 15.1 Å². The number of carbonyl (C=O) groups is 2. The van der Waals surface area contributed by atoms with Gasteiger partial charge in [-0.15, -0.1) is 5.10 Å². The highest BCUT2D eigenvalue weighted by Gasteiger charge is 2.33. The van der Waals surface area contributed by atoms with Crippen LogP contribution in [0.5, 0.6) is 0 Å². The number of alkyl halides is 3. The Morgan fingerprint density at radius 2 is 1.81 bits per heavy atom. The van der Waals surface area contributed by atoms with Gasteiger partial charge in [0.25, 0.3) is 0 Å². The van der Waals surface area contributed by atoms with Crippen molar-refractivity contribution in [2.45, 2.75) is 25.9 Å². The van der Waals surface area contributed by atoms with Crippen LogP contribution in [0, 0.1) is 0 Å². The second kappa shape index (κ2) is 11.9. The average molecular weight is 609 g/mol. The number of aromatic nitrogens is 4. The SMILES string of the molecule is CC(C)c1ccc(N(C)C)cc1N1C(=O)CS/C1=N\C(=O)Nc1ccc(-c2ncn(-c3ccc(C(F)(F)F)cn3)n2)cc1. The summed E-state index contributed by atoms with van der Waals surface area (Å²) >= 11 is 1.20. The number of anilines is 3. The Hall–Kier alpha value is -4.72. The fourth-order valence-electron chi connectivity index (χ4n) is 4.31. The molecule has 1 N–H and O–H groups in total. The van der Waals surface area contributed by atoms with Crippen molar-refractivity contribution in [2.75, 3.05) is 35.0 Å². The van der Waals surface area contributed by atoms with E-state index < -0.39 is 17.8 Å². The number of carbonyl (C=O) groups excluding carboxylic acids is 2. The maximum atomic E-state index is 12.9. The van der Waals surface area contributed by atoms with E-state index in [4.69, 9.17) is 0 Å². The number of aliphatic imine (C=N–C) groups is 1. The summed E-state index contributed by atoms with van der Waals surface area (Å²) in [5.41, 5.74) is 2.80. The van der Waals surface area contributed by atoms with E-state index in [1.165, 1.54) is 33.7 Å². The lowest BCUT2D eigenvalue weighted by Crippen LogP contribution is -2.31. The van der Waals surface area contributed by atoms with E-state index in [0.29, 0.717) is 27.9 Å². The Morgan fingerprint density at radius 1 is 1.07 bits per heavy atom. The average Bonchev–Trinajstić information content (AvgIpc) is 3.59. The van der Waals surface area contributed by atoms with Crippen LogP contribution in [-0.4, -0.2) is 56.7 Å². The first kappa shape index (κ1) is 29.8. The Labute approximate surface area is 249 Å². The van der Waals surface area contributed by atoms with Crippen LogP contribution in [0.15, 0.2) is 72.1 Å². The van der Waals surface area contributed by atoms with Gasteiger partial charge in [-0.1, -0.05) is 31.7 Å². The second-order valence-corrected chi connectivity index (χ2v) is 11.1. The minimum Gasteiger partial charge on any atom is -0.378 e. The van der Waals surface area contributed by atoms with Gasteiger partial charge >= 0.3 is 12.2 Å². The van der Waals surface area contributed by atoms with Gasteiger partial charge < -0.3 is 10.2 Å². The molecule has 0 radical (unpaired) electrons. The van der Waals surface area contributed by atoms with E-state index in [-0.39, 0.29) is 23.4 Å². The molecule has 2 aromatic carbocycles. The zero-order valence-corrected chi connectivity index (χ0v) is 24.4. The van der Waals surface area contributed by atoms with Crippen molar-refractivity contribution in [1.29, 1.82) is 0 Å². The third-order valence-electron chi connectivity index (χ3n) is 6.55. The third-order valence-corrected chi connectivity index (χ3v) is 7.48. The number of halogens is 3. The van der Waals surface area contributed by atoms with Gasteiger partial charge in [-0.2, -0.15) is 18.2 Å². The maximum Gasteiger partial charge on any atom is 0.417 e. The lowest BCUT2D eigenvalue weighted by molar-refractivity contribution is -0.137. The van der Waals surface area contributed by atoms with Gasteiger partial charge in [-0.3, -0.25) is 9.69 Å².